The summed E-state index contributed by atoms with van der Waals surface area (Å²) in [5.41, 5.74) is 1.29. The molecular weight excluding hydrogens is 238 g/mol. The first-order chi connectivity index (χ1) is 8.19. The third-order valence-electron chi connectivity index (χ3n) is 2.20. The molecule has 0 bridgehead atoms. The Morgan fingerprint density at radius 3 is 2.94 bits per heavy atom. The van der Waals surface area contributed by atoms with Gasteiger partial charge in [0.2, 0.25) is 5.89 Å². The minimum atomic E-state index is 0.458. The van der Waals surface area contributed by atoms with Gasteiger partial charge in [-0.3, -0.25) is 0 Å². The average Bonchev–Trinajstić information content (AvgIpc) is 2.73. The predicted molar refractivity (Wildman–Crippen MR) is 64.7 cm³/mol. The number of nitrogens with one attached hydrogen (secondary N) is 1. The lowest BCUT2D eigenvalue weighted by atomic mass is 10.2. The number of aryl methyl sites for hydroxylation is 1. The monoisotopic (exact) mass is 247 g/mol. The van der Waals surface area contributed by atoms with Crippen LogP contribution >= 0.6 is 11.6 Å². The number of anilines is 1. The zero-order chi connectivity index (χ0) is 12.3. The van der Waals surface area contributed by atoms with E-state index in [-0.39, 0.29) is 0 Å². The molecule has 0 aliphatic rings. The summed E-state index contributed by atoms with van der Waals surface area (Å²) in [7, 11) is 0. The van der Waals surface area contributed by atoms with E-state index in [9.17, 15) is 0 Å². The summed E-state index contributed by atoms with van der Waals surface area (Å²) in [6, 6.07) is 7.11. The molecule has 0 unspecified atom stereocenters. The maximum Gasteiger partial charge on any atom is 0.213 e. The number of aromatic nitrogens is 1. The quantitative estimate of drug-likeness (QED) is 0.905. The van der Waals surface area contributed by atoms with E-state index in [1.165, 1.54) is 0 Å². The Kier molecular flexibility index (Phi) is 3.31. The first-order valence-corrected chi connectivity index (χ1v) is 5.41. The highest BCUT2D eigenvalue weighted by molar-refractivity contribution is 6.33. The highest BCUT2D eigenvalue weighted by Gasteiger charge is 2.04. The fourth-order valence-electron chi connectivity index (χ4n) is 1.38. The van der Waals surface area contributed by atoms with Crippen molar-refractivity contribution in [2.24, 2.45) is 0 Å². The lowest BCUT2D eigenvalue weighted by molar-refractivity contribution is 0.479. The van der Waals surface area contributed by atoms with Gasteiger partial charge in [-0.15, -0.1) is 0 Å². The molecule has 0 saturated heterocycles. The Bertz CT molecular complexity index is 571. The zero-order valence-electron chi connectivity index (χ0n) is 9.20. The molecule has 0 fully saturated rings. The molecular formula is C12H10ClN3O. The van der Waals surface area contributed by atoms with Gasteiger partial charge in [-0.1, -0.05) is 11.6 Å². The van der Waals surface area contributed by atoms with Crippen LogP contribution in [0.5, 0.6) is 0 Å². The maximum absolute atomic E-state index is 8.71. The fraction of sp³-hybridized carbons (Fsp3) is 0.167. The summed E-state index contributed by atoms with van der Waals surface area (Å²) in [5, 5.41) is 12.3. The van der Waals surface area contributed by atoms with Gasteiger partial charge < -0.3 is 9.73 Å². The molecule has 0 radical (unpaired) electrons. The van der Waals surface area contributed by atoms with Crippen LogP contribution in [0.3, 0.4) is 0 Å². The summed E-state index contributed by atoms with van der Waals surface area (Å²) >= 11 is 6.01. The van der Waals surface area contributed by atoms with E-state index in [1.807, 2.05) is 13.0 Å². The lowest BCUT2D eigenvalue weighted by Crippen LogP contribution is -2.00. The number of benzene rings is 1. The van der Waals surface area contributed by atoms with Crippen LogP contribution in [0.15, 0.2) is 28.8 Å². The molecule has 1 N–H and O–H groups in total. The Labute approximate surface area is 104 Å². The molecule has 0 aliphatic carbocycles. The Morgan fingerprint density at radius 1 is 1.53 bits per heavy atom. The largest absolute Gasteiger partial charge is 0.444 e. The predicted octanol–water partition coefficient (Wildman–Crippen LogP) is 3.12. The summed E-state index contributed by atoms with van der Waals surface area (Å²) in [6.45, 7) is 2.30. The number of hydrogen-bond donors (Lipinski definition) is 1. The summed E-state index contributed by atoms with van der Waals surface area (Å²) < 4.78 is 5.32. The highest BCUT2D eigenvalue weighted by Crippen LogP contribution is 2.23. The molecule has 1 heterocycles. The third-order valence-corrected chi connectivity index (χ3v) is 2.51. The van der Waals surface area contributed by atoms with E-state index in [2.05, 4.69) is 10.3 Å². The van der Waals surface area contributed by atoms with Crippen molar-refractivity contribution in [1.82, 2.24) is 4.98 Å². The standard InChI is InChI=1S/C12H10ClN3O/c1-8-6-16-12(17-8)7-15-11-3-2-9(5-14)4-10(11)13/h2-4,6,15H,7H2,1H3. The molecule has 2 rings (SSSR count). The van der Waals surface area contributed by atoms with Crippen LogP contribution in [0, 0.1) is 18.3 Å². The molecule has 2 aromatic rings. The minimum Gasteiger partial charge on any atom is -0.444 e. The minimum absolute atomic E-state index is 0.458. The van der Waals surface area contributed by atoms with E-state index in [1.54, 1.807) is 24.4 Å². The van der Waals surface area contributed by atoms with Crippen LogP contribution in [0.1, 0.15) is 17.2 Å². The Balaban J connectivity index is 2.07. The van der Waals surface area contributed by atoms with E-state index in [0.29, 0.717) is 23.0 Å². The van der Waals surface area contributed by atoms with Crippen molar-refractivity contribution in [3.05, 3.63) is 46.6 Å². The normalized spacial score (nSPS) is 9.94. The molecule has 0 atom stereocenters. The van der Waals surface area contributed by atoms with Crippen LogP contribution in [0.25, 0.3) is 0 Å². The van der Waals surface area contributed by atoms with Crippen LogP contribution in [-0.4, -0.2) is 4.98 Å². The smallest absolute Gasteiger partial charge is 0.213 e. The third kappa shape index (κ3) is 2.77. The molecule has 4 nitrogen and oxygen atoms in total. The first kappa shape index (κ1) is 11.5. The zero-order valence-corrected chi connectivity index (χ0v) is 9.95. The van der Waals surface area contributed by atoms with Crippen LogP contribution in [0.2, 0.25) is 5.02 Å². The maximum atomic E-state index is 8.71. The SMILES string of the molecule is Cc1cnc(CNc2ccc(C#N)cc2Cl)o1. The Morgan fingerprint density at radius 2 is 2.35 bits per heavy atom. The van der Waals surface area contributed by atoms with Crippen LogP contribution < -0.4 is 5.32 Å². The van der Waals surface area contributed by atoms with E-state index < -0.39 is 0 Å². The van der Waals surface area contributed by atoms with Crippen LogP contribution in [0.4, 0.5) is 5.69 Å². The van der Waals surface area contributed by atoms with E-state index >= 15 is 0 Å². The molecule has 0 saturated carbocycles. The highest BCUT2D eigenvalue weighted by atomic mass is 35.5. The fourth-order valence-corrected chi connectivity index (χ4v) is 1.63. The summed E-state index contributed by atoms with van der Waals surface area (Å²) in [4.78, 5) is 4.07. The summed E-state index contributed by atoms with van der Waals surface area (Å²) in [6.07, 6.45) is 1.66. The lowest BCUT2D eigenvalue weighted by Gasteiger charge is -2.06. The van der Waals surface area contributed by atoms with Gasteiger partial charge in [0, 0.05) is 0 Å². The second-order valence-electron chi connectivity index (χ2n) is 3.52. The van der Waals surface area contributed by atoms with Gasteiger partial charge in [-0.05, 0) is 25.1 Å². The van der Waals surface area contributed by atoms with E-state index in [4.69, 9.17) is 21.3 Å². The van der Waals surface area contributed by atoms with Crippen molar-refractivity contribution < 1.29 is 4.42 Å². The van der Waals surface area contributed by atoms with Crippen LogP contribution in [-0.2, 0) is 6.54 Å². The van der Waals surface area contributed by atoms with Crippen molar-refractivity contribution in [3.8, 4) is 6.07 Å². The molecule has 1 aromatic heterocycles. The molecule has 5 heteroatoms. The number of halogens is 1. The molecule has 0 aliphatic heterocycles. The van der Waals surface area contributed by atoms with Gasteiger partial charge in [-0.2, -0.15) is 5.26 Å². The number of rotatable bonds is 3. The number of hydrogen-bond acceptors (Lipinski definition) is 4. The molecule has 86 valence electrons. The number of nitrogens with zero attached hydrogens (tertiary/aromatic N) is 2. The number of oxazole rings is 1. The van der Waals surface area contributed by atoms with E-state index in [0.717, 1.165) is 11.4 Å². The summed E-state index contributed by atoms with van der Waals surface area (Å²) in [5.74, 6) is 1.37. The van der Waals surface area contributed by atoms with Crippen molar-refractivity contribution >= 4 is 17.3 Å². The molecule has 17 heavy (non-hydrogen) atoms. The second-order valence-corrected chi connectivity index (χ2v) is 3.93. The van der Waals surface area contributed by atoms with Crippen molar-refractivity contribution in [3.63, 3.8) is 0 Å². The van der Waals surface area contributed by atoms with Gasteiger partial charge in [0.25, 0.3) is 0 Å². The van der Waals surface area contributed by atoms with Crippen molar-refractivity contribution in [2.75, 3.05) is 5.32 Å². The van der Waals surface area contributed by atoms with Gasteiger partial charge >= 0.3 is 0 Å². The molecule has 0 spiro atoms. The van der Waals surface area contributed by atoms with Gasteiger partial charge in [0.15, 0.2) is 0 Å². The second kappa shape index (κ2) is 4.89. The van der Waals surface area contributed by atoms with Gasteiger partial charge in [-0.25, -0.2) is 4.98 Å². The molecule has 1 aromatic carbocycles. The van der Waals surface area contributed by atoms with Crippen molar-refractivity contribution in [2.45, 2.75) is 13.5 Å². The van der Waals surface area contributed by atoms with Gasteiger partial charge in [0.05, 0.1) is 35.1 Å². The Hall–Kier alpha value is -1.99. The van der Waals surface area contributed by atoms with Gasteiger partial charge in [0.1, 0.15) is 5.76 Å². The topological polar surface area (TPSA) is 61.9 Å². The molecule has 0 amide bonds. The van der Waals surface area contributed by atoms with Crippen molar-refractivity contribution in [1.29, 1.82) is 5.26 Å². The number of nitriles is 1. The average molecular weight is 248 g/mol. The first-order valence-electron chi connectivity index (χ1n) is 5.04.